The molecule has 13 nitrogen and oxygen atoms in total. The number of ether oxygens (including phenoxy) is 3. The van der Waals surface area contributed by atoms with Crippen molar-refractivity contribution in [3.63, 3.8) is 0 Å². The standard InChI is InChI=1S/C25H17NO12/c1-35-23(33)13-3-7-2-8-12(28)6-25(37-21(8)19(31)14(7)24(34)36-13)5-9-17(29)15-11(27)4-10(26)18(30)16(15)20(32)22(9)38-25/h2-4,12,28-29,31-32H,5-6,26H2,1H3. The van der Waals surface area contributed by atoms with E-state index in [1.54, 1.807) is 0 Å². The number of aliphatic hydroxyl groups excluding tert-OH is 1. The molecule has 0 saturated heterocycles. The van der Waals surface area contributed by atoms with E-state index in [4.69, 9.17) is 19.6 Å². The van der Waals surface area contributed by atoms with Crippen LogP contribution in [0.4, 0.5) is 0 Å². The highest BCUT2D eigenvalue weighted by molar-refractivity contribution is 6.26. The number of hydrogen-bond donors (Lipinski definition) is 5. The first-order valence-electron chi connectivity index (χ1n) is 11.1. The van der Waals surface area contributed by atoms with Gasteiger partial charge in [-0.2, -0.15) is 0 Å². The molecule has 1 aromatic heterocycles. The second-order valence-corrected chi connectivity index (χ2v) is 9.06. The first-order valence-corrected chi connectivity index (χ1v) is 11.1. The lowest BCUT2D eigenvalue weighted by atomic mass is 9.87. The lowest BCUT2D eigenvalue weighted by Crippen LogP contribution is -2.45. The minimum absolute atomic E-state index is 0.0525. The van der Waals surface area contributed by atoms with E-state index in [1.165, 1.54) is 6.07 Å². The summed E-state index contributed by atoms with van der Waals surface area (Å²) < 4.78 is 21.3. The molecule has 2 atom stereocenters. The highest BCUT2D eigenvalue weighted by atomic mass is 16.7. The summed E-state index contributed by atoms with van der Waals surface area (Å²) >= 11 is 0. The summed E-state index contributed by atoms with van der Waals surface area (Å²) in [6, 6.07) is 2.49. The van der Waals surface area contributed by atoms with Gasteiger partial charge in [-0.25, -0.2) is 9.59 Å². The number of ketones is 2. The number of esters is 1. The van der Waals surface area contributed by atoms with Crippen LogP contribution >= 0.6 is 0 Å². The first kappa shape index (κ1) is 23.4. The van der Waals surface area contributed by atoms with Gasteiger partial charge in [-0.15, -0.1) is 0 Å². The molecule has 3 heterocycles. The van der Waals surface area contributed by atoms with Gasteiger partial charge in [0.1, 0.15) is 11.1 Å². The van der Waals surface area contributed by atoms with Crippen molar-refractivity contribution in [3.05, 3.63) is 62.3 Å². The van der Waals surface area contributed by atoms with Crippen LogP contribution in [0.1, 0.15) is 54.9 Å². The predicted octanol–water partition coefficient (Wildman–Crippen LogP) is 1.07. The van der Waals surface area contributed by atoms with Crippen LogP contribution in [0, 0.1) is 0 Å². The number of hydrogen-bond acceptors (Lipinski definition) is 13. The maximum absolute atomic E-state index is 12.6. The molecule has 6 N–H and O–H groups in total. The van der Waals surface area contributed by atoms with Gasteiger partial charge in [0.15, 0.2) is 28.8 Å². The van der Waals surface area contributed by atoms with E-state index in [0.717, 1.165) is 19.3 Å². The molecular formula is C25H17NO12. The van der Waals surface area contributed by atoms with Crippen LogP contribution < -0.4 is 20.8 Å². The van der Waals surface area contributed by atoms with E-state index in [9.17, 15) is 39.6 Å². The smallest absolute Gasteiger partial charge is 0.374 e. The monoisotopic (exact) mass is 523 g/mol. The molecular weight excluding hydrogens is 506 g/mol. The number of phenolic OH excluding ortho intramolecular Hbond substituents is 3. The Morgan fingerprint density at radius 3 is 2.47 bits per heavy atom. The molecule has 2 unspecified atom stereocenters. The van der Waals surface area contributed by atoms with E-state index in [1.807, 2.05) is 0 Å². The molecule has 1 spiro atoms. The Labute approximate surface area is 210 Å². The highest BCUT2D eigenvalue weighted by Gasteiger charge is 2.52. The second-order valence-electron chi connectivity index (χ2n) is 9.06. The Balaban J connectivity index is 1.48. The quantitative estimate of drug-likeness (QED) is 0.223. The molecule has 6 rings (SSSR count). The summed E-state index contributed by atoms with van der Waals surface area (Å²) in [5.74, 6) is -7.66. The molecule has 0 amide bonds. The number of Topliss-reactive ketones (excluding diaryl/α,β-unsaturated/α-hetero) is 1. The number of carbonyl (C=O) groups is 3. The number of nitrogens with two attached hydrogens (primary N) is 1. The van der Waals surface area contributed by atoms with Gasteiger partial charge in [-0.1, -0.05) is 0 Å². The number of phenols is 3. The molecule has 2 aliphatic heterocycles. The van der Waals surface area contributed by atoms with Gasteiger partial charge >= 0.3 is 11.6 Å². The molecule has 13 heteroatoms. The zero-order valence-electron chi connectivity index (χ0n) is 19.4. The fourth-order valence-electron chi connectivity index (χ4n) is 5.10. The summed E-state index contributed by atoms with van der Waals surface area (Å²) in [4.78, 5) is 49.5. The summed E-state index contributed by atoms with van der Waals surface area (Å²) in [5.41, 5.74) is 3.05. The SMILES string of the molecule is COC(=O)c1cc2cc3c(c(O)c2c(=O)o1)OC1(Cc2c(O)c4c(c(O)c2O1)C(=O)C(N)=CC4=O)CC3O. The van der Waals surface area contributed by atoms with Crippen LogP contribution in [0.25, 0.3) is 10.8 Å². The van der Waals surface area contributed by atoms with E-state index >= 15 is 0 Å². The molecule has 0 saturated carbocycles. The molecule has 0 fully saturated rings. The average Bonchev–Trinajstić information content (AvgIpc) is 3.24. The normalized spacial score (nSPS) is 21.3. The third-order valence-corrected chi connectivity index (χ3v) is 6.80. The molecule has 0 bridgehead atoms. The van der Waals surface area contributed by atoms with Crippen molar-refractivity contribution in [2.24, 2.45) is 5.73 Å². The Kier molecular flexibility index (Phi) is 4.60. The number of aliphatic hydroxyl groups is 1. The predicted molar refractivity (Wildman–Crippen MR) is 123 cm³/mol. The van der Waals surface area contributed by atoms with Gasteiger partial charge in [-0.3, -0.25) is 9.59 Å². The fraction of sp³-hybridized carbons (Fsp3) is 0.200. The molecule has 194 valence electrons. The van der Waals surface area contributed by atoms with Crippen molar-refractivity contribution in [2.75, 3.05) is 7.11 Å². The van der Waals surface area contributed by atoms with Gasteiger partial charge in [0, 0.05) is 17.2 Å². The number of methoxy groups -OCH3 is 1. The molecule has 3 aromatic rings. The van der Waals surface area contributed by atoms with Gasteiger partial charge in [0.2, 0.25) is 11.5 Å². The summed E-state index contributed by atoms with van der Waals surface area (Å²) in [7, 11) is 1.09. The van der Waals surface area contributed by atoms with Gasteiger partial charge in [-0.05, 0) is 17.5 Å². The van der Waals surface area contributed by atoms with Gasteiger partial charge < -0.3 is 44.8 Å². The topological polar surface area (TPSA) is 216 Å². The number of rotatable bonds is 1. The van der Waals surface area contributed by atoms with E-state index in [2.05, 4.69) is 4.74 Å². The number of aromatic hydroxyl groups is 3. The van der Waals surface area contributed by atoms with Gasteiger partial charge in [0.25, 0.3) is 5.79 Å². The minimum atomic E-state index is -1.82. The van der Waals surface area contributed by atoms with Gasteiger partial charge in [0.05, 0.1) is 42.9 Å². The first-order chi connectivity index (χ1) is 18.0. The molecule has 38 heavy (non-hydrogen) atoms. The molecule has 1 aliphatic carbocycles. The van der Waals surface area contributed by atoms with E-state index in [0.29, 0.717) is 0 Å². The van der Waals surface area contributed by atoms with Crippen LogP contribution in [0.5, 0.6) is 28.7 Å². The van der Waals surface area contributed by atoms with Crippen LogP contribution in [-0.4, -0.2) is 50.9 Å². The lowest BCUT2D eigenvalue weighted by molar-refractivity contribution is -0.139. The van der Waals surface area contributed by atoms with Crippen LogP contribution in [0.2, 0.25) is 0 Å². The van der Waals surface area contributed by atoms with Crippen molar-refractivity contribution < 1.29 is 53.4 Å². The molecule has 0 radical (unpaired) electrons. The van der Waals surface area contributed by atoms with E-state index < -0.39 is 74.9 Å². The Morgan fingerprint density at radius 2 is 1.76 bits per heavy atom. The third-order valence-electron chi connectivity index (χ3n) is 6.80. The largest absolute Gasteiger partial charge is 0.507 e. The van der Waals surface area contributed by atoms with Crippen molar-refractivity contribution in [1.82, 2.24) is 0 Å². The summed E-state index contributed by atoms with van der Waals surface area (Å²) in [5, 5.41) is 43.3. The number of allylic oxidation sites excluding steroid dienone is 2. The van der Waals surface area contributed by atoms with Crippen molar-refractivity contribution in [1.29, 1.82) is 0 Å². The summed E-state index contributed by atoms with van der Waals surface area (Å²) in [6.07, 6.45) is -1.15. The lowest BCUT2D eigenvalue weighted by Gasteiger charge is -2.37. The van der Waals surface area contributed by atoms with Crippen molar-refractivity contribution >= 4 is 28.3 Å². The average molecular weight is 523 g/mol. The van der Waals surface area contributed by atoms with Crippen LogP contribution in [0.15, 0.2) is 33.1 Å². The van der Waals surface area contributed by atoms with Crippen LogP contribution in [-0.2, 0) is 11.2 Å². The minimum Gasteiger partial charge on any atom is -0.507 e. The van der Waals surface area contributed by atoms with Crippen molar-refractivity contribution in [3.8, 4) is 28.7 Å². The maximum atomic E-state index is 12.6. The summed E-state index contributed by atoms with van der Waals surface area (Å²) in [6.45, 7) is 0. The molecule has 2 aromatic carbocycles. The Hall–Kier alpha value is -5.04. The number of benzene rings is 2. The zero-order chi connectivity index (χ0) is 27.3. The third kappa shape index (κ3) is 2.96. The molecule has 3 aliphatic rings. The Morgan fingerprint density at radius 1 is 1.05 bits per heavy atom. The zero-order valence-corrected chi connectivity index (χ0v) is 19.4. The van der Waals surface area contributed by atoms with Crippen LogP contribution in [0.3, 0.4) is 0 Å². The number of fused-ring (bicyclic) bond motifs is 4. The second kappa shape index (κ2) is 7.49. The fourth-order valence-corrected chi connectivity index (χ4v) is 5.10. The van der Waals surface area contributed by atoms with E-state index in [-0.39, 0.29) is 46.2 Å². The Bertz CT molecular complexity index is 1750. The van der Waals surface area contributed by atoms with Crippen molar-refractivity contribution in [2.45, 2.75) is 24.7 Å². The highest BCUT2D eigenvalue weighted by Crippen LogP contribution is 2.56. The maximum Gasteiger partial charge on any atom is 0.374 e. The number of carbonyl (C=O) groups excluding carboxylic acids is 3.